The largest absolute Gasteiger partial charge is 0.487 e. The Morgan fingerprint density at radius 1 is 0.808 bits per heavy atom. The van der Waals surface area contributed by atoms with Gasteiger partial charge < -0.3 is 4.74 Å². The molecule has 0 saturated carbocycles. The van der Waals surface area contributed by atoms with E-state index in [0.717, 1.165) is 17.0 Å². The van der Waals surface area contributed by atoms with E-state index in [2.05, 4.69) is 22.4 Å². The van der Waals surface area contributed by atoms with E-state index in [0.29, 0.717) is 12.3 Å². The maximum absolute atomic E-state index is 13.0. The van der Waals surface area contributed by atoms with Crippen LogP contribution in [0.3, 0.4) is 0 Å². The molecule has 0 atom stereocenters. The number of hydrogen-bond donors (Lipinski definition) is 0. The number of halogens is 1. The first-order valence-corrected chi connectivity index (χ1v) is 8.23. The normalized spacial score (nSPS) is 10.7. The fourth-order valence-corrected chi connectivity index (χ4v) is 2.62. The zero-order chi connectivity index (χ0) is 17.8. The van der Waals surface area contributed by atoms with Crippen LogP contribution in [0.1, 0.15) is 5.69 Å². The second-order valence-corrected chi connectivity index (χ2v) is 5.81. The van der Waals surface area contributed by atoms with Crippen LogP contribution in [0, 0.1) is 5.82 Å². The van der Waals surface area contributed by atoms with Gasteiger partial charge in [0.05, 0.1) is 11.9 Å². The van der Waals surface area contributed by atoms with Crippen molar-refractivity contribution < 1.29 is 9.13 Å². The smallest absolute Gasteiger partial charge is 0.134 e. The van der Waals surface area contributed by atoms with Crippen molar-refractivity contribution in [2.45, 2.75) is 6.61 Å². The van der Waals surface area contributed by atoms with Gasteiger partial charge in [-0.3, -0.25) is 0 Å². The van der Waals surface area contributed by atoms with E-state index in [1.54, 1.807) is 23.0 Å². The van der Waals surface area contributed by atoms with Crippen molar-refractivity contribution in [1.29, 1.82) is 0 Å². The summed E-state index contributed by atoms with van der Waals surface area (Å²) in [7, 11) is 0. The molecule has 5 heteroatoms. The molecule has 0 spiro atoms. The molecule has 0 aliphatic heterocycles. The average molecular weight is 345 g/mol. The maximum atomic E-state index is 13.0. The minimum Gasteiger partial charge on any atom is -0.487 e. The van der Waals surface area contributed by atoms with Crippen molar-refractivity contribution in [1.82, 2.24) is 15.0 Å². The first-order chi connectivity index (χ1) is 12.8. The SMILES string of the molecule is Fc1ccc(-n2cc(COc3ccc(-c4ccccc4)cc3)nn2)cc1. The number of benzene rings is 3. The van der Waals surface area contributed by atoms with Crippen LogP contribution >= 0.6 is 0 Å². The molecule has 3 aromatic carbocycles. The van der Waals surface area contributed by atoms with E-state index >= 15 is 0 Å². The Bertz CT molecular complexity index is 980. The van der Waals surface area contributed by atoms with Gasteiger partial charge in [0, 0.05) is 0 Å². The van der Waals surface area contributed by atoms with Crippen molar-refractivity contribution >= 4 is 0 Å². The van der Waals surface area contributed by atoms with E-state index in [-0.39, 0.29) is 5.82 Å². The Morgan fingerprint density at radius 2 is 1.50 bits per heavy atom. The predicted molar refractivity (Wildman–Crippen MR) is 97.5 cm³/mol. The first kappa shape index (κ1) is 16.0. The molecule has 0 N–H and O–H groups in total. The standard InChI is InChI=1S/C21H16FN3O/c22-18-8-10-20(11-9-18)25-14-19(23-24-25)15-26-21-12-6-17(7-13-21)16-4-2-1-3-5-16/h1-14H,15H2. The van der Waals surface area contributed by atoms with Crippen molar-refractivity contribution in [3.63, 3.8) is 0 Å². The zero-order valence-electron chi connectivity index (χ0n) is 13.9. The molecule has 0 aliphatic carbocycles. The Morgan fingerprint density at radius 3 is 2.23 bits per heavy atom. The highest BCUT2D eigenvalue weighted by molar-refractivity contribution is 5.63. The van der Waals surface area contributed by atoms with Gasteiger partial charge in [-0.2, -0.15) is 0 Å². The van der Waals surface area contributed by atoms with Crippen LogP contribution in [0.4, 0.5) is 4.39 Å². The van der Waals surface area contributed by atoms with Crippen LogP contribution in [0.5, 0.6) is 5.75 Å². The quantitative estimate of drug-likeness (QED) is 0.528. The third-order valence-corrected chi connectivity index (χ3v) is 3.98. The average Bonchev–Trinajstić information content (AvgIpc) is 3.17. The molecule has 1 aromatic heterocycles. The second-order valence-electron chi connectivity index (χ2n) is 5.81. The minimum absolute atomic E-state index is 0.281. The molecule has 0 fully saturated rings. The molecular weight excluding hydrogens is 329 g/mol. The van der Waals surface area contributed by atoms with Crippen molar-refractivity contribution in [2.24, 2.45) is 0 Å². The summed E-state index contributed by atoms with van der Waals surface area (Å²) < 4.78 is 20.4. The number of hydrogen-bond acceptors (Lipinski definition) is 3. The Kier molecular flexibility index (Phi) is 4.43. The molecule has 1 heterocycles. The van der Waals surface area contributed by atoms with E-state index < -0.39 is 0 Å². The van der Waals surface area contributed by atoms with Crippen LogP contribution in [-0.2, 0) is 6.61 Å². The summed E-state index contributed by atoms with van der Waals surface area (Å²) in [6, 6.07) is 24.2. The summed E-state index contributed by atoms with van der Waals surface area (Å²) in [6.45, 7) is 0.311. The van der Waals surface area contributed by atoms with Gasteiger partial charge in [-0.1, -0.05) is 47.7 Å². The summed E-state index contributed by atoms with van der Waals surface area (Å²) in [5.74, 6) is 0.484. The van der Waals surface area contributed by atoms with Gasteiger partial charge >= 0.3 is 0 Å². The van der Waals surface area contributed by atoms with Crippen molar-refractivity contribution in [3.05, 3.63) is 96.6 Å². The number of nitrogens with zero attached hydrogens (tertiary/aromatic N) is 3. The van der Waals surface area contributed by atoms with Crippen LogP contribution < -0.4 is 4.74 Å². The molecule has 0 unspecified atom stereocenters. The van der Waals surface area contributed by atoms with E-state index in [9.17, 15) is 4.39 Å². The topological polar surface area (TPSA) is 39.9 Å². The van der Waals surface area contributed by atoms with Crippen LogP contribution in [0.2, 0.25) is 0 Å². The fourth-order valence-electron chi connectivity index (χ4n) is 2.62. The van der Waals surface area contributed by atoms with Crippen LogP contribution in [0.25, 0.3) is 16.8 Å². The number of rotatable bonds is 5. The highest BCUT2D eigenvalue weighted by Gasteiger charge is 2.05. The molecule has 4 aromatic rings. The predicted octanol–water partition coefficient (Wildman–Crippen LogP) is 4.65. The Labute approximate surface area is 150 Å². The minimum atomic E-state index is -0.281. The molecule has 0 amide bonds. The first-order valence-electron chi connectivity index (χ1n) is 8.23. The van der Waals surface area contributed by atoms with Crippen molar-refractivity contribution in [3.8, 4) is 22.6 Å². The highest BCUT2D eigenvalue weighted by atomic mass is 19.1. The highest BCUT2D eigenvalue weighted by Crippen LogP contribution is 2.22. The van der Waals surface area contributed by atoms with E-state index in [4.69, 9.17) is 4.74 Å². The summed E-state index contributed by atoms with van der Waals surface area (Å²) in [6.07, 6.45) is 1.77. The lowest BCUT2D eigenvalue weighted by Gasteiger charge is -2.06. The Balaban J connectivity index is 1.41. The van der Waals surface area contributed by atoms with Gasteiger partial charge in [-0.15, -0.1) is 5.10 Å². The monoisotopic (exact) mass is 345 g/mol. The molecule has 0 radical (unpaired) electrons. The summed E-state index contributed by atoms with van der Waals surface area (Å²) >= 11 is 0. The molecule has 4 nitrogen and oxygen atoms in total. The van der Waals surface area contributed by atoms with Crippen molar-refractivity contribution in [2.75, 3.05) is 0 Å². The lowest BCUT2D eigenvalue weighted by atomic mass is 10.1. The zero-order valence-corrected chi connectivity index (χ0v) is 13.9. The molecular formula is C21H16FN3O. The van der Waals surface area contributed by atoms with E-state index in [1.165, 1.54) is 17.7 Å². The number of ether oxygens (including phenoxy) is 1. The summed E-state index contributed by atoms with van der Waals surface area (Å²) in [5.41, 5.74) is 3.75. The molecule has 26 heavy (non-hydrogen) atoms. The van der Waals surface area contributed by atoms with Crippen LogP contribution in [0.15, 0.2) is 85.1 Å². The lowest BCUT2D eigenvalue weighted by molar-refractivity contribution is 0.301. The van der Waals surface area contributed by atoms with Gasteiger partial charge in [0.2, 0.25) is 0 Å². The third-order valence-electron chi connectivity index (χ3n) is 3.98. The van der Waals surface area contributed by atoms with Gasteiger partial charge in [0.1, 0.15) is 23.9 Å². The van der Waals surface area contributed by atoms with Gasteiger partial charge in [-0.05, 0) is 47.5 Å². The Hall–Kier alpha value is -3.47. The number of aromatic nitrogens is 3. The summed E-state index contributed by atoms with van der Waals surface area (Å²) in [5, 5.41) is 8.14. The molecule has 0 bridgehead atoms. The molecule has 0 aliphatic rings. The van der Waals surface area contributed by atoms with Gasteiger partial charge in [0.15, 0.2) is 0 Å². The summed E-state index contributed by atoms with van der Waals surface area (Å²) in [4.78, 5) is 0. The molecule has 0 saturated heterocycles. The maximum Gasteiger partial charge on any atom is 0.134 e. The lowest BCUT2D eigenvalue weighted by Crippen LogP contribution is -1.96. The second kappa shape index (κ2) is 7.19. The van der Waals surface area contributed by atoms with Gasteiger partial charge in [-0.25, -0.2) is 9.07 Å². The third kappa shape index (κ3) is 3.62. The van der Waals surface area contributed by atoms with Crippen LogP contribution in [-0.4, -0.2) is 15.0 Å². The molecule has 4 rings (SSSR count). The fraction of sp³-hybridized carbons (Fsp3) is 0.0476. The van der Waals surface area contributed by atoms with Gasteiger partial charge in [0.25, 0.3) is 0 Å². The molecule has 128 valence electrons. The van der Waals surface area contributed by atoms with E-state index in [1.807, 2.05) is 42.5 Å².